The van der Waals surface area contributed by atoms with Gasteiger partial charge in [0.1, 0.15) is 31.5 Å². The summed E-state index contributed by atoms with van der Waals surface area (Å²) in [5, 5.41) is 19.7. The molecule has 0 spiro atoms. The lowest BCUT2D eigenvalue weighted by atomic mass is 9.96. The second-order valence-corrected chi connectivity index (χ2v) is 5.19. The summed E-state index contributed by atoms with van der Waals surface area (Å²) >= 11 is 0. The zero-order valence-electron chi connectivity index (χ0n) is 11.1. The Morgan fingerprint density at radius 3 is 2.60 bits per heavy atom. The number of hydrogen-bond acceptors (Lipinski definition) is 2. The van der Waals surface area contributed by atoms with Gasteiger partial charge in [0.25, 0.3) is 0 Å². The fourth-order valence-electron chi connectivity index (χ4n) is 2.80. The van der Waals surface area contributed by atoms with E-state index >= 15 is 0 Å². The highest BCUT2D eigenvalue weighted by Gasteiger charge is 2.26. The molecule has 2 atom stereocenters. The first-order valence-corrected chi connectivity index (χ1v) is 6.60. The normalized spacial score (nSPS) is 20.9. The van der Waals surface area contributed by atoms with Gasteiger partial charge in [0.05, 0.1) is 0 Å². The van der Waals surface area contributed by atoms with Crippen molar-refractivity contribution in [2.45, 2.75) is 19.2 Å². The van der Waals surface area contributed by atoms with Gasteiger partial charge in [-0.3, -0.25) is 0 Å². The van der Waals surface area contributed by atoms with Crippen molar-refractivity contribution in [2.75, 3.05) is 6.54 Å². The molecule has 3 N–H and O–H groups in total. The van der Waals surface area contributed by atoms with E-state index in [1.54, 1.807) is 12.1 Å². The molecule has 0 aliphatic carbocycles. The molecular weight excluding hydrogens is 274 g/mol. The Bertz CT molecular complexity index is 574. The second-order valence-electron chi connectivity index (χ2n) is 5.19. The molecule has 2 aromatic rings. The number of halogens is 1. The molecule has 0 saturated heterocycles. The van der Waals surface area contributed by atoms with Crippen LogP contribution in [-0.4, -0.2) is 16.8 Å². The van der Waals surface area contributed by atoms with Crippen LogP contribution in [0.25, 0.3) is 0 Å². The topological polar surface area (TPSA) is 44.9 Å². The summed E-state index contributed by atoms with van der Waals surface area (Å²) in [4.78, 5) is 1.34. The van der Waals surface area contributed by atoms with E-state index in [9.17, 15) is 10.2 Å². The monoisotopic (exact) mass is 291 g/mol. The van der Waals surface area contributed by atoms with Crippen LogP contribution < -0.4 is 17.3 Å². The molecule has 3 nitrogen and oxygen atoms in total. The highest BCUT2D eigenvalue weighted by molar-refractivity contribution is 5.36. The molecule has 3 rings (SSSR count). The minimum Gasteiger partial charge on any atom is -1.00 e. The molecule has 0 radical (unpaired) electrons. The summed E-state index contributed by atoms with van der Waals surface area (Å²) in [6, 6.07) is 15.6. The molecule has 20 heavy (non-hydrogen) atoms. The largest absolute Gasteiger partial charge is 1.00 e. The van der Waals surface area contributed by atoms with Crippen molar-refractivity contribution in [3.8, 4) is 5.75 Å². The lowest BCUT2D eigenvalue weighted by Gasteiger charge is -2.29. The van der Waals surface area contributed by atoms with Gasteiger partial charge in [0.2, 0.25) is 0 Å². The molecule has 106 valence electrons. The van der Waals surface area contributed by atoms with Gasteiger partial charge in [0.15, 0.2) is 0 Å². The molecule has 1 aliphatic heterocycles. The fraction of sp³-hybridized carbons (Fsp3) is 0.250. The number of aliphatic hydroxyl groups excluding tert-OH is 1. The number of fused-ring (bicyclic) bond motifs is 1. The van der Waals surface area contributed by atoms with Crippen molar-refractivity contribution in [3.63, 3.8) is 0 Å². The van der Waals surface area contributed by atoms with Gasteiger partial charge in [-0.2, -0.15) is 0 Å². The Morgan fingerprint density at radius 1 is 1.10 bits per heavy atom. The van der Waals surface area contributed by atoms with Crippen LogP contribution in [0.4, 0.5) is 0 Å². The van der Waals surface area contributed by atoms with Crippen LogP contribution in [0.2, 0.25) is 0 Å². The number of benzene rings is 2. The molecular formula is C16H18ClNO2. The molecule has 0 aromatic heterocycles. The van der Waals surface area contributed by atoms with E-state index < -0.39 is 6.10 Å². The molecule has 2 unspecified atom stereocenters. The van der Waals surface area contributed by atoms with Gasteiger partial charge < -0.3 is 27.5 Å². The van der Waals surface area contributed by atoms with Crippen molar-refractivity contribution >= 4 is 0 Å². The van der Waals surface area contributed by atoms with Crippen LogP contribution in [0.5, 0.6) is 5.75 Å². The van der Waals surface area contributed by atoms with Crippen LogP contribution >= 0.6 is 0 Å². The fourth-order valence-corrected chi connectivity index (χ4v) is 2.80. The average Bonchev–Trinajstić information content (AvgIpc) is 2.41. The number of hydrogen-bond donors (Lipinski definition) is 3. The van der Waals surface area contributed by atoms with Crippen LogP contribution in [0.15, 0.2) is 48.5 Å². The number of quaternary nitrogens is 1. The second kappa shape index (κ2) is 6.27. The number of aliphatic hydroxyl groups is 1. The van der Waals surface area contributed by atoms with E-state index in [1.807, 2.05) is 24.3 Å². The van der Waals surface area contributed by atoms with E-state index in [1.165, 1.54) is 10.5 Å². The Kier molecular flexibility index (Phi) is 4.65. The highest BCUT2D eigenvalue weighted by Crippen LogP contribution is 2.24. The zero-order chi connectivity index (χ0) is 13.2. The van der Waals surface area contributed by atoms with Crippen LogP contribution in [0.1, 0.15) is 22.8 Å². The molecule has 0 amide bonds. The van der Waals surface area contributed by atoms with Crippen LogP contribution in [-0.2, 0) is 13.1 Å². The summed E-state index contributed by atoms with van der Waals surface area (Å²) in [7, 11) is 0. The molecule has 0 fully saturated rings. The minimum atomic E-state index is -0.491. The molecule has 1 heterocycles. The van der Waals surface area contributed by atoms with Crippen LogP contribution in [0.3, 0.4) is 0 Å². The number of phenols is 1. The number of rotatable bonds is 2. The summed E-state index contributed by atoms with van der Waals surface area (Å²) in [5.74, 6) is 0.226. The lowest BCUT2D eigenvalue weighted by molar-refractivity contribution is -0.933. The Labute approximate surface area is 124 Å². The quantitative estimate of drug-likeness (QED) is 0.601. The maximum atomic E-state index is 10.2. The smallest absolute Gasteiger partial charge is 0.128 e. The van der Waals surface area contributed by atoms with E-state index in [0.717, 1.165) is 24.2 Å². The Morgan fingerprint density at radius 2 is 1.85 bits per heavy atom. The van der Waals surface area contributed by atoms with E-state index in [-0.39, 0.29) is 18.2 Å². The van der Waals surface area contributed by atoms with Crippen LogP contribution in [0, 0.1) is 0 Å². The van der Waals surface area contributed by atoms with Gasteiger partial charge in [0, 0.05) is 11.1 Å². The third-order valence-electron chi connectivity index (χ3n) is 3.71. The average molecular weight is 292 g/mol. The first-order chi connectivity index (χ1) is 9.22. The van der Waals surface area contributed by atoms with Gasteiger partial charge in [-0.1, -0.05) is 30.3 Å². The maximum absolute atomic E-state index is 10.2. The van der Waals surface area contributed by atoms with Gasteiger partial charge in [-0.25, -0.2) is 0 Å². The third kappa shape index (κ3) is 3.12. The molecule has 1 aliphatic rings. The standard InChI is InChI=1S/C16H17NO2.ClH/c18-14-7-6-13-10-17(11-16(19)15(13)8-14)9-12-4-2-1-3-5-12;/h1-8,16,18-19H,9-11H2;1H. The Balaban J connectivity index is 0.00000147. The maximum Gasteiger partial charge on any atom is 0.128 e. The van der Waals surface area contributed by atoms with E-state index in [2.05, 4.69) is 12.1 Å². The lowest BCUT2D eigenvalue weighted by Crippen LogP contribution is -3.10. The molecule has 0 saturated carbocycles. The molecule has 4 heteroatoms. The van der Waals surface area contributed by atoms with Crippen molar-refractivity contribution in [1.29, 1.82) is 0 Å². The molecule has 0 bridgehead atoms. The SMILES string of the molecule is Oc1ccc2c(c1)C(O)C[NH+](Cc1ccccc1)C2.[Cl-]. The minimum absolute atomic E-state index is 0. The summed E-state index contributed by atoms with van der Waals surface area (Å²) in [5.41, 5.74) is 3.28. The number of nitrogens with one attached hydrogen (secondary N) is 1. The van der Waals surface area contributed by atoms with Gasteiger partial charge in [-0.05, 0) is 23.8 Å². The summed E-state index contributed by atoms with van der Waals surface area (Å²) in [6.07, 6.45) is -0.491. The van der Waals surface area contributed by atoms with Gasteiger partial charge >= 0.3 is 0 Å². The number of phenolic OH excluding ortho intramolecular Hbond substituents is 1. The van der Waals surface area contributed by atoms with Crippen molar-refractivity contribution in [3.05, 3.63) is 65.2 Å². The predicted molar refractivity (Wildman–Crippen MR) is 72.7 cm³/mol. The molecule has 2 aromatic carbocycles. The van der Waals surface area contributed by atoms with Crippen molar-refractivity contribution in [2.24, 2.45) is 0 Å². The Hall–Kier alpha value is -1.55. The van der Waals surface area contributed by atoms with Gasteiger partial charge in [-0.15, -0.1) is 0 Å². The predicted octanol–water partition coefficient (Wildman–Crippen LogP) is -1.97. The van der Waals surface area contributed by atoms with Crippen molar-refractivity contribution < 1.29 is 27.5 Å². The first-order valence-electron chi connectivity index (χ1n) is 6.60. The summed E-state index contributed by atoms with van der Waals surface area (Å²) in [6.45, 7) is 2.49. The number of aromatic hydroxyl groups is 1. The zero-order valence-corrected chi connectivity index (χ0v) is 11.8. The highest BCUT2D eigenvalue weighted by atomic mass is 35.5. The third-order valence-corrected chi connectivity index (χ3v) is 3.71. The van der Waals surface area contributed by atoms with E-state index in [0.29, 0.717) is 6.54 Å². The first kappa shape index (κ1) is 14.9. The van der Waals surface area contributed by atoms with Crippen molar-refractivity contribution in [1.82, 2.24) is 0 Å². The van der Waals surface area contributed by atoms with E-state index in [4.69, 9.17) is 0 Å². The summed E-state index contributed by atoms with van der Waals surface area (Å²) < 4.78 is 0.